The Balaban J connectivity index is 2.15. The Hall–Kier alpha value is -1.20. The number of piperidine rings is 1. The van der Waals surface area contributed by atoms with Crippen LogP contribution in [0.15, 0.2) is 18.5 Å². The van der Waals surface area contributed by atoms with Crippen LogP contribution in [0.2, 0.25) is 0 Å². The summed E-state index contributed by atoms with van der Waals surface area (Å²) in [5, 5.41) is 9.12. The molecule has 0 radical (unpaired) electrons. The molecule has 1 aliphatic heterocycles. The molecule has 2 heterocycles. The van der Waals surface area contributed by atoms with Gasteiger partial charge in [0.1, 0.15) is 4.99 Å². The first-order chi connectivity index (χ1) is 8.22. The van der Waals surface area contributed by atoms with Crippen molar-refractivity contribution in [3.05, 3.63) is 24.0 Å². The molecule has 5 heteroatoms. The number of nitrogens with two attached hydrogens (primary N) is 1. The van der Waals surface area contributed by atoms with E-state index in [9.17, 15) is 0 Å². The van der Waals surface area contributed by atoms with Crippen molar-refractivity contribution >= 4 is 22.9 Å². The summed E-state index contributed by atoms with van der Waals surface area (Å²) < 4.78 is 0. The Bertz CT molecular complexity index is 402. The number of hydrogen-bond donors (Lipinski definition) is 2. The number of nitrogens with zero attached hydrogens (tertiary/aromatic N) is 2. The van der Waals surface area contributed by atoms with Gasteiger partial charge in [-0.25, -0.2) is 0 Å². The first-order valence-corrected chi connectivity index (χ1v) is 6.23. The molecular formula is C12H17N3OS. The molecule has 1 aliphatic rings. The van der Waals surface area contributed by atoms with Crippen LogP contribution in [-0.2, 0) is 0 Å². The largest absolute Gasteiger partial charge is 0.396 e. The molecular weight excluding hydrogens is 234 g/mol. The van der Waals surface area contributed by atoms with Gasteiger partial charge in [-0.3, -0.25) is 4.98 Å². The molecule has 0 spiro atoms. The maximum atomic E-state index is 9.12. The van der Waals surface area contributed by atoms with Crippen molar-refractivity contribution in [3.8, 4) is 0 Å². The van der Waals surface area contributed by atoms with Gasteiger partial charge in [-0.1, -0.05) is 12.2 Å². The molecule has 4 nitrogen and oxygen atoms in total. The molecule has 0 aromatic carbocycles. The first-order valence-electron chi connectivity index (χ1n) is 5.82. The molecule has 0 unspecified atom stereocenters. The highest BCUT2D eigenvalue weighted by molar-refractivity contribution is 7.80. The fourth-order valence-electron chi connectivity index (χ4n) is 2.20. The lowest BCUT2D eigenvalue weighted by Gasteiger charge is -2.33. The summed E-state index contributed by atoms with van der Waals surface area (Å²) >= 11 is 5.05. The van der Waals surface area contributed by atoms with Gasteiger partial charge >= 0.3 is 0 Å². The molecule has 0 atom stereocenters. The third-order valence-corrected chi connectivity index (χ3v) is 3.50. The van der Waals surface area contributed by atoms with E-state index < -0.39 is 0 Å². The topological polar surface area (TPSA) is 62.4 Å². The summed E-state index contributed by atoms with van der Waals surface area (Å²) in [4.78, 5) is 6.79. The smallest absolute Gasteiger partial charge is 0.106 e. The molecule has 92 valence electrons. The average Bonchev–Trinajstić information content (AvgIpc) is 2.39. The summed E-state index contributed by atoms with van der Waals surface area (Å²) in [5.74, 6) is 0.427. The Labute approximate surface area is 106 Å². The highest BCUT2D eigenvalue weighted by Gasteiger charge is 2.20. The van der Waals surface area contributed by atoms with Crippen molar-refractivity contribution < 1.29 is 5.11 Å². The number of anilines is 1. The van der Waals surface area contributed by atoms with Gasteiger partial charge in [0, 0.05) is 31.5 Å². The van der Waals surface area contributed by atoms with Gasteiger partial charge in [0.25, 0.3) is 0 Å². The standard InChI is InChI=1S/C12H17N3OS/c13-12(17)10-1-4-14-7-11(10)15-5-2-9(8-16)3-6-15/h1,4,7,9,16H,2-3,5-6,8H2,(H2,13,17). The molecule has 0 bridgehead atoms. The highest BCUT2D eigenvalue weighted by atomic mass is 32.1. The minimum absolute atomic E-state index is 0.281. The molecule has 0 amide bonds. The van der Waals surface area contributed by atoms with Crippen molar-refractivity contribution in [1.29, 1.82) is 0 Å². The lowest BCUT2D eigenvalue weighted by atomic mass is 9.97. The van der Waals surface area contributed by atoms with Gasteiger partial charge in [0.05, 0.1) is 11.9 Å². The first kappa shape index (κ1) is 12.3. The number of aliphatic hydroxyl groups excluding tert-OH is 1. The van der Waals surface area contributed by atoms with Gasteiger partial charge in [0.15, 0.2) is 0 Å². The lowest BCUT2D eigenvalue weighted by Crippen LogP contribution is -2.36. The number of aliphatic hydroxyl groups is 1. The van der Waals surface area contributed by atoms with Crippen LogP contribution in [-0.4, -0.2) is 34.8 Å². The van der Waals surface area contributed by atoms with E-state index in [0.717, 1.165) is 37.2 Å². The summed E-state index contributed by atoms with van der Waals surface area (Å²) in [7, 11) is 0. The Morgan fingerprint density at radius 3 is 2.82 bits per heavy atom. The van der Waals surface area contributed by atoms with Gasteiger partial charge < -0.3 is 15.7 Å². The van der Waals surface area contributed by atoms with Crippen LogP contribution >= 0.6 is 12.2 Å². The number of rotatable bonds is 3. The molecule has 0 aliphatic carbocycles. The normalized spacial score (nSPS) is 17.1. The van der Waals surface area contributed by atoms with Crippen molar-refractivity contribution in [2.45, 2.75) is 12.8 Å². The second kappa shape index (κ2) is 5.42. The van der Waals surface area contributed by atoms with E-state index in [2.05, 4.69) is 9.88 Å². The van der Waals surface area contributed by atoms with E-state index in [4.69, 9.17) is 23.1 Å². The van der Waals surface area contributed by atoms with Crippen LogP contribution in [0, 0.1) is 5.92 Å². The summed E-state index contributed by atoms with van der Waals surface area (Å²) in [6.45, 7) is 2.13. The van der Waals surface area contributed by atoms with E-state index in [-0.39, 0.29) is 6.61 Å². The molecule has 17 heavy (non-hydrogen) atoms. The zero-order valence-corrected chi connectivity index (χ0v) is 10.5. The van der Waals surface area contributed by atoms with Crippen molar-refractivity contribution in [2.24, 2.45) is 11.7 Å². The predicted octanol–water partition coefficient (Wildman–Crippen LogP) is 0.924. The second-order valence-electron chi connectivity index (χ2n) is 4.37. The van der Waals surface area contributed by atoms with E-state index in [0.29, 0.717) is 10.9 Å². The quantitative estimate of drug-likeness (QED) is 0.782. The van der Waals surface area contributed by atoms with Crippen LogP contribution in [0.3, 0.4) is 0 Å². The maximum Gasteiger partial charge on any atom is 0.106 e. The minimum atomic E-state index is 0.281. The van der Waals surface area contributed by atoms with Crippen LogP contribution in [0.25, 0.3) is 0 Å². The van der Waals surface area contributed by atoms with Crippen LogP contribution < -0.4 is 10.6 Å². The maximum absolute atomic E-state index is 9.12. The Morgan fingerprint density at radius 1 is 1.53 bits per heavy atom. The Kier molecular flexibility index (Phi) is 3.91. The Morgan fingerprint density at radius 2 is 2.24 bits per heavy atom. The van der Waals surface area contributed by atoms with E-state index in [1.807, 2.05) is 12.3 Å². The molecule has 1 saturated heterocycles. The van der Waals surface area contributed by atoms with E-state index >= 15 is 0 Å². The minimum Gasteiger partial charge on any atom is -0.396 e. The fraction of sp³-hybridized carbons (Fsp3) is 0.500. The number of pyridine rings is 1. The van der Waals surface area contributed by atoms with Crippen molar-refractivity contribution in [2.75, 3.05) is 24.6 Å². The van der Waals surface area contributed by atoms with E-state index in [1.54, 1.807) is 6.20 Å². The number of thiocarbonyl (C=S) groups is 1. The zero-order chi connectivity index (χ0) is 12.3. The van der Waals surface area contributed by atoms with E-state index in [1.165, 1.54) is 0 Å². The summed E-state index contributed by atoms with van der Waals surface area (Å²) in [6.07, 6.45) is 5.52. The molecule has 0 saturated carbocycles. The summed E-state index contributed by atoms with van der Waals surface area (Å²) in [6, 6.07) is 1.86. The molecule has 1 aromatic heterocycles. The van der Waals surface area contributed by atoms with Crippen LogP contribution in [0.1, 0.15) is 18.4 Å². The lowest BCUT2D eigenvalue weighted by molar-refractivity contribution is 0.203. The van der Waals surface area contributed by atoms with Gasteiger partial charge in [-0.15, -0.1) is 0 Å². The zero-order valence-electron chi connectivity index (χ0n) is 9.67. The third-order valence-electron chi connectivity index (χ3n) is 3.28. The fourth-order valence-corrected chi connectivity index (χ4v) is 2.38. The molecule has 1 aromatic rings. The third kappa shape index (κ3) is 2.73. The number of aromatic nitrogens is 1. The van der Waals surface area contributed by atoms with Gasteiger partial charge in [-0.2, -0.15) is 0 Å². The monoisotopic (exact) mass is 251 g/mol. The van der Waals surface area contributed by atoms with Crippen molar-refractivity contribution in [3.63, 3.8) is 0 Å². The van der Waals surface area contributed by atoms with Crippen LogP contribution in [0.4, 0.5) is 5.69 Å². The molecule has 1 fully saturated rings. The predicted molar refractivity (Wildman–Crippen MR) is 72.1 cm³/mol. The SMILES string of the molecule is NC(=S)c1ccncc1N1CCC(CO)CC1. The summed E-state index contributed by atoms with van der Waals surface area (Å²) in [5.41, 5.74) is 7.61. The van der Waals surface area contributed by atoms with Gasteiger partial charge in [0.2, 0.25) is 0 Å². The second-order valence-corrected chi connectivity index (χ2v) is 4.81. The number of hydrogen-bond acceptors (Lipinski definition) is 4. The highest BCUT2D eigenvalue weighted by Crippen LogP contribution is 2.25. The van der Waals surface area contributed by atoms with Crippen LogP contribution in [0.5, 0.6) is 0 Å². The van der Waals surface area contributed by atoms with Crippen molar-refractivity contribution in [1.82, 2.24) is 4.98 Å². The molecule has 3 N–H and O–H groups in total. The molecule has 2 rings (SSSR count). The average molecular weight is 251 g/mol. The van der Waals surface area contributed by atoms with Gasteiger partial charge in [-0.05, 0) is 24.8 Å².